The third kappa shape index (κ3) is 2.18. The molecule has 0 spiro atoms. The highest BCUT2D eigenvalue weighted by Gasteiger charge is 2.29. The van der Waals surface area contributed by atoms with E-state index >= 15 is 0 Å². The predicted octanol–water partition coefficient (Wildman–Crippen LogP) is 2.27. The van der Waals surface area contributed by atoms with Crippen molar-refractivity contribution in [3.8, 4) is 0 Å². The summed E-state index contributed by atoms with van der Waals surface area (Å²) in [4.78, 5) is 10.00. The average molecular weight is 262 g/mol. The zero-order valence-corrected chi connectivity index (χ0v) is 11.1. The van der Waals surface area contributed by atoms with Gasteiger partial charge in [-0.1, -0.05) is 6.92 Å². The highest BCUT2D eigenvalue weighted by Crippen LogP contribution is 2.28. The van der Waals surface area contributed by atoms with E-state index in [1.54, 1.807) is 6.07 Å². The maximum absolute atomic E-state index is 13.2. The fourth-order valence-corrected chi connectivity index (χ4v) is 2.98. The molecule has 2 heterocycles. The lowest BCUT2D eigenvalue weighted by Crippen LogP contribution is -2.49. The van der Waals surface area contributed by atoms with Gasteiger partial charge in [0.1, 0.15) is 5.82 Å². The van der Waals surface area contributed by atoms with E-state index in [9.17, 15) is 4.39 Å². The van der Waals surface area contributed by atoms with E-state index in [1.165, 1.54) is 18.6 Å². The van der Waals surface area contributed by atoms with Crippen LogP contribution in [0.2, 0.25) is 0 Å². The summed E-state index contributed by atoms with van der Waals surface area (Å²) in [7, 11) is 0. The Balaban J connectivity index is 1.98. The molecule has 1 aliphatic rings. The second-order valence-corrected chi connectivity index (χ2v) is 5.34. The maximum atomic E-state index is 13.2. The molecule has 0 radical (unpaired) electrons. The molecule has 1 fully saturated rings. The largest absolute Gasteiger partial charge is 0.338 e. The molecule has 3 rings (SSSR count). The number of fused-ring (bicyclic) bond motifs is 1. The number of nitrogens with one attached hydrogen (secondary N) is 1. The van der Waals surface area contributed by atoms with Gasteiger partial charge >= 0.3 is 0 Å². The molecule has 0 bridgehead atoms. The molecule has 1 saturated heterocycles. The van der Waals surface area contributed by atoms with Crippen LogP contribution >= 0.6 is 0 Å². The number of benzene rings is 1. The smallest absolute Gasteiger partial charge is 0.204 e. The van der Waals surface area contributed by atoms with Gasteiger partial charge in [-0.2, -0.15) is 0 Å². The molecule has 5 heteroatoms. The van der Waals surface area contributed by atoms with E-state index in [-0.39, 0.29) is 5.82 Å². The predicted molar refractivity (Wildman–Crippen MR) is 74.6 cm³/mol. The zero-order chi connectivity index (χ0) is 13.4. The minimum Gasteiger partial charge on any atom is -0.338 e. The molecule has 3 N–H and O–H groups in total. The molecule has 1 aromatic carbocycles. The average Bonchev–Trinajstić information content (AvgIpc) is 2.81. The van der Waals surface area contributed by atoms with Crippen molar-refractivity contribution in [1.29, 1.82) is 0 Å². The van der Waals surface area contributed by atoms with Crippen LogP contribution in [0, 0.1) is 11.7 Å². The molecule has 1 aromatic heterocycles. The third-order valence-electron chi connectivity index (χ3n) is 4.06. The second-order valence-electron chi connectivity index (χ2n) is 5.34. The summed E-state index contributed by atoms with van der Waals surface area (Å²) in [5.41, 5.74) is 7.43. The van der Waals surface area contributed by atoms with Crippen LogP contribution in [-0.4, -0.2) is 29.1 Å². The minimum atomic E-state index is -0.245. The SMILES string of the molecule is CC1CCCN(c2nc3ccc(F)cc3[nH]2)C1CN. The molecule has 1 aliphatic heterocycles. The number of halogens is 1. The molecule has 2 aromatic rings. The molecule has 4 nitrogen and oxygen atoms in total. The van der Waals surface area contributed by atoms with Gasteiger partial charge in [-0.05, 0) is 37.0 Å². The van der Waals surface area contributed by atoms with Gasteiger partial charge in [0.15, 0.2) is 0 Å². The number of anilines is 1. The molecule has 0 saturated carbocycles. The number of hydrogen-bond acceptors (Lipinski definition) is 3. The Morgan fingerprint density at radius 2 is 2.37 bits per heavy atom. The lowest BCUT2D eigenvalue weighted by atomic mass is 9.91. The third-order valence-corrected chi connectivity index (χ3v) is 4.06. The Morgan fingerprint density at radius 1 is 1.53 bits per heavy atom. The van der Waals surface area contributed by atoms with Crippen molar-refractivity contribution in [3.63, 3.8) is 0 Å². The van der Waals surface area contributed by atoms with E-state index < -0.39 is 0 Å². The van der Waals surface area contributed by atoms with Gasteiger partial charge in [0.25, 0.3) is 0 Å². The Bertz CT molecular complexity index is 580. The molecule has 2 unspecified atom stereocenters. The highest BCUT2D eigenvalue weighted by molar-refractivity contribution is 5.77. The Kier molecular flexibility index (Phi) is 3.14. The van der Waals surface area contributed by atoms with Gasteiger partial charge in [0, 0.05) is 19.1 Å². The lowest BCUT2D eigenvalue weighted by molar-refractivity contribution is 0.346. The zero-order valence-electron chi connectivity index (χ0n) is 11.1. The summed E-state index contributed by atoms with van der Waals surface area (Å²) in [6.07, 6.45) is 2.34. The summed E-state index contributed by atoms with van der Waals surface area (Å²) in [5.74, 6) is 1.12. The second kappa shape index (κ2) is 4.81. The number of hydrogen-bond donors (Lipinski definition) is 2. The number of rotatable bonds is 2. The van der Waals surface area contributed by atoms with Gasteiger partial charge in [0.05, 0.1) is 11.0 Å². The molecule has 2 atom stereocenters. The molecule has 19 heavy (non-hydrogen) atoms. The normalized spacial score (nSPS) is 24.1. The Morgan fingerprint density at radius 3 is 3.16 bits per heavy atom. The van der Waals surface area contributed by atoms with Gasteiger partial charge < -0.3 is 15.6 Å². The van der Waals surface area contributed by atoms with Crippen molar-refractivity contribution in [3.05, 3.63) is 24.0 Å². The van der Waals surface area contributed by atoms with Crippen molar-refractivity contribution in [1.82, 2.24) is 9.97 Å². The quantitative estimate of drug-likeness (QED) is 0.873. The standard InChI is InChI=1S/C14H19FN4/c1-9-3-2-6-19(13(9)8-16)14-17-11-5-4-10(15)7-12(11)18-14/h4-5,7,9,13H,2-3,6,8,16H2,1H3,(H,17,18). The topological polar surface area (TPSA) is 57.9 Å². The Hall–Kier alpha value is -1.62. The van der Waals surface area contributed by atoms with E-state index in [4.69, 9.17) is 5.73 Å². The summed E-state index contributed by atoms with van der Waals surface area (Å²) < 4.78 is 13.2. The van der Waals surface area contributed by atoms with E-state index in [0.29, 0.717) is 18.5 Å². The van der Waals surface area contributed by atoms with E-state index in [2.05, 4.69) is 21.8 Å². The first-order valence-corrected chi connectivity index (χ1v) is 6.81. The summed E-state index contributed by atoms with van der Waals surface area (Å²) >= 11 is 0. The van der Waals surface area contributed by atoms with Crippen LogP contribution < -0.4 is 10.6 Å². The van der Waals surface area contributed by atoms with Crippen LogP contribution in [0.1, 0.15) is 19.8 Å². The lowest BCUT2D eigenvalue weighted by Gasteiger charge is -2.39. The number of imidazole rings is 1. The number of nitrogens with zero attached hydrogens (tertiary/aromatic N) is 2. The number of H-pyrrole nitrogens is 1. The van der Waals surface area contributed by atoms with Crippen LogP contribution in [0.4, 0.5) is 10.3 Å². The first-order chi connectivity index (χ1) is 9.19. The van der Waals surface area contributed by atoms with Gasteiger partial charge in [-0.15, -0.1) is 0 Å². The first kappa shape index (κ1) is 12.4. The highest BCUT2D eigenvalue weighted by atomic mass is 19.1. The van der Waals surface area contributed by atoms with Crippen molar-refractivity contribution in [2.75, 3.05) is 18.0 Å². The fraction of sp³-hybridized carbons (Fsp3) is 0.500. The van der Waals surface area contributed by atoms with Crippen molar-refractivity contribution < 1.29 is 4.39 Å². The van der Waals surface area contributed by atoms with Crippen LogP contribution in [-0.2, 0) is 0 Å². The summed E-state index contributed by atoms with van der Waals surface area (Å²) in [5, 5.41) is 0. The van der Waals surface area contributed by atoms with E-state index in [1.807, 2.05) is 0 Å². The summed E-state index contributed by atoms with van der Waals surface area (Å²) in [6, 6.07) is 4.93. The van der Waals surface area contributed by atoms with Crippen LogP contribution in [0.15, 0.2) is 18.2 Å². The number of aromatic amines is 1. The number of aromatic nitrogens is 2. The number of nitrogens with two attached hydrogens (primary N) is 1. The van der Waals surface area contributed by atoms with E-state index in [0.717, 1.165) is 29.9 Å². The van der Waals surface area contributed by atoms with Crippen molar-refractivity contribution in [2.45, 2.75) is 25.8 Å². The number of piperidine rings is 1. The molecule has 0 amide bonds. The minimum absolute atomic E-state index is 0.245. The Labute approximate surface area is 111 Å². The first-order valence-electron chi connectivity index (χ1n) is 6.81. The molecule has 0 aliphatic carbocycles. The monoisotopic (exact) mass is 262 g/mol. The maximum Gasteiger partial charge on any atom is 0.204 e. The van der Waals surface area contributed by atoms with Crippen LogP contribution in [0.5, 0.6) is 0 Å². The fourth-order valence-electron chi connectivity index (χ4n) is 2.98. The summed E-state index contributed by atoms with van der Waals surface area (Å²) in [6.45, 7) is 3.80. The van der Waals surface area contributed by atoms with Gasteiger partial charge in [-0.25, -0.2) is 9.37 Å². The van der Waals surface area contributed by atoms with Crippen molar-refractivity contribution in [2.24, 2.45) is 11.7 Å². The van der Waals surface area contributed by atoms with Gasteiger partial charge in [0.2, 0.25) is 5.95 Å². The van der Waals surface area contributed by atoms with Crippen LogP contribution in [0.3, 0.4) is 0 Å². The van der Waals surface area contributed by atoms with Gasteiger partial charge in [-0.3, -0.25) is 0 Å². The molecular formula is C14H19FN4. The van der Waals surface area contributed by atoms with Crippen molar-refractivity contribution >= 4 is 17.0 Å². The van der Waals surface area contributed by atoms with Crippen LogP contribution in [0.25, 0.3) is 11.0 Å². The molecule has 102 valence electrons. The molecular weight excluding hydrogens is 243 g/mol.